The van der Waals surface area contributed by atoms with Crippen molar-refractivity contribution in [3.8, 4) is 0 Å². The molecule has 2 heteroatoms. The summed E-state index contributed by atoms with van der Waals surface area (Å²) in [6, 6.07) is 10.6. The second-order valence-corrected chi connectivity index (χ2v) is 4.74. The van der Waals surface area contributed by atoms with Crippen LogP contribution < -0.4 is 0 Å². The maximum atomic E-state index is 11.2. The Morgan fingerprint density at radius 1 is 1.12 bits per heavy atom. The molecule has 0 saturated carbocycles. The van der Waals surface area contributed by atoms with Crippen molar-refractivity contribution in [2.45, 2.75) is 32.6 Å². The minimum Gasteiger partial charge on any atom is -0.343 e. The molecule has 1 aromatic rings. The van der Waals surface area contributed by atoms with Gasteiger partial charge in [-0.2, -0.15) is 0 Å². The fraction of sp³-hybridized carbons (Fsp3) is 0.467. The normalized spacial score (nSPS) is 17.1. The van der Waals surface area contributed by atoms with Crippen LogP contribution in [0, 0.1) is 5.92 Å². The van der Waals surface area contributed by atoms with Crippen molar-refractivity contribution < 1.29 is 4.79 Å². The fourth-order valence-corrected chi connectivity index (χ4v) is 2.35. The van der Waals surface area contributed by atoms with Gasteiger partial charge in [0.2, 0.25) is 5.91 Å². The molecule has 1 radical (unpaired) electrons. The van der Waals surface area contributed by atoms with Gasteiger partial charge >= 0.3 is 0 Å². The third-order valence-corrected chi connectivity index (χ3v) is 3.53. The van der Waals surface area contributed by atoms with Crippen molar-refractivity contribution in [3.63, 3.8) is 0 Å². The van der Waals surface area contributed by atoms with E-state index in [-0.39, 0.29) is 5.91 Å². The van der Waals surface area contributed by atoms with Crippen LogP contribution in [0.1, 0.15) is 31.7 Å². The van der Waals surface area contributed by atoms with E-state index in [0.29, 0.717) is 0 Å². The van der Waals surface area contributed by atoms with E-state index >= 15 is 0 Å². The minimum absolute atomic E-state index is 0.215. The molecule has 0 spiro atoms. The molecule has 1 heterocycles. The highest BCUT2D eigenvalue weighted by molar-refractivity contribution is 5.73. The second-order valence-electron chi connectivity index (χ2n) is 4.74. The monoisotopic (exact) mass is 230 g/mol. The third-order valence-electron chi connectivity index (χ3n) is 3.53. The molecule has 1 amide bonds. The van der Waals surface area contributed by atoms with Gasteiger partial charge in [-0.05, 0) is 37.2 Å². The number of rotatable bonds is 3. The molecule has 1 aliphatic rings. The van der Waals surface area contributed by atoms with E-state index in [1.54, 1.807) is 12.8 Å². The van der Waals surface area contributed by atoms with Gasteiger partial charge in [0.25, 0.3) is 0 Å². The van der Waals surface area contributed by atoms with Crippen LogP contribution in [0.3, 0.4) is 0 Å². The first-order valence-electron chi connectivity index (χ1n) is 6.39. The summed E-state index contributed by atoms with van der Waals surface area (Å²) >= 11 is 0. The molecule has 0 N–H and O–H groups in total. The first-order valence-corrected chi connectivity index (χ1v) is 6.39. The van der Waals surface area contributed by atoms with Crippen LogP contribution in [0.2, 0.25) is 0 Å². The molecule has 0 unspecified atom stereocenters. The van der Waals surface area contributed by atoms with Crippen LogP contribution >= 0.6 is 0 Å². The van der Waals surface area contributed by atoms with Crippen molar-refractivity contribution >= 4 is 5.91 Å². The SMILES string of the molecule is CC(=O)N1CC[C](CCc2ccccc2)CC1. The van der Waals surface area contributed by atoms with Crippen molar-refractivity contribution in [1.29, 1.82) is 0 Å². The Hall–Kier alpha value is -1.31. The van der Waals surface area contributed by atoms with Gasteiger partial charge in [0, 0.05) is 20.0 Å². The highest BCUT2D eigenvalue weighted by Gasteiger charge is 2.20. The Kier molecular flexibility index (Phi) is 4.18. The molecule has 91 valence electrons. The number of likely N-dealkylation sites (tertiary alicyclic amines) is 1. The van der Waals surface area contributed by atoms with Gasteiger partial charge in [0.05, 0.1) is 0 Å². The van der Waals surface area contributed by atoms with Gasteiger partial charge in [-0.1, -0.05) is 30.3 Å². The number of aryl methyl sites for hydroxylation is 1. The molecule has 0 aromatic heterocycles. The molecule has 17 heavy (non-hydrogen) atoms. The smallest absolute Gasteiger partial charge is 0.219 e. The summed E-state index contributed by atoms with van der Waals surface area (Å²) in [5, 5.41) is 0. The average molecular weight is 230 g/mol. The highest BCUT2D eigenvalue weighted by atomic mass is 16.2. The average Bonchev–Trinajstić information content (AvgIpc) is 2.38. The second kappa shape index (κ2) is 5.85. The molecule has 1 aromatic carbocycles. The molecule has 2 nitrogen and oxygen atoms in total. The molecule has 0 atom stereocenters. The van der Waals surface area contributed by atoms with Gasteiger partial charge in [-0.3, -0.25) is 4.79 Å². The number of nitrogens with zero attached hydrogens (tertiary/aromatic N) is 1. The van der Waals surface area contributed by atoms with Crippen LogP contribution in [0.15, 0.2) is 30.3 Å². The van der Waals surface area contributed by atoms with E-state index in [2.05, 4.69) is 30.3 Å². The fourth-order valence-electron chi connectivity index (χ4n) is 2.35. The van der Waals surface area contributed by atoms with E-state index < -0.39 is 0 Å². The first-order chi connectivity index (χ1) is 8.25. The van der Waals surface area contributed by atoms with Gasteiger partial charge < -0.3 is 4.90 Å². The number of carbonyl (C=O) groups is 1. The predicted octanol–water partition coefficient (Wildman–Crippen LogP) is 2.84. The lowest BCUT2D eigenvalue weighted by atomic mass is 9.90. The Bertz CT molecular complexity index is 352. The maximum Gasteiger partial charge on any atom is 0.219 e. The molecule has 1 aliphatic heterocycles. The Labute approximate surface area is 104 Å². The maximum absolute atomic E-state index is 11.2. The number of amides is 1. The summed E-state index contributed by atoms with van der Waals surface area (Å²) < 4.78 is 0. The van der Waals surface area contributed by atoms with Crippen LogP contribution in [0.5, 0.6) is 0 Å². The van der Waals surface area contributed by atoms with Gasteiger partial charge in [-0.15, -0.1) is 0 Å². The molecule has 0 bridgehead atoms. The summed E-state index contributed by atoms with van der Waals surface area (Å²) in [6.07, 6.45) is 4.49. The minimum atomic E-state index is 0.215. The van der Waals surface area contributed by atoms with Crippen molar-refractivity contribution in [1.82, 2.24) is 4.90 Å². The quantitative estimate of drug-likeness (QED) is 0.782. The predicted molar refractivity (Wildman–Crippen MR) is 69.5 cm³/mol. The van der Waals surface area contributed by atoms with Crippen molar-refractivity contribution in [2.24, 2.45) is 0 Å². The topological polar surface area (TPSA) is 20.3 Å². The molecular formula is C15H20NO. The van der Waals surface area contributed by atoms with Gasteiger partial charge in [0.1, 0.15) is 0 Å². The van der Waals surface area contributed by atoms with Crippen LogP contribution in [0.25, 0.3) is 0 Å². The van der Waals surface area contributed by atoms with Gasteiger partial charge in [0.15, 0.2) is 0 Å². The van der Waals surface area contributed by atoms with E-state index in [4.69, 9.17) is 0 Å². The first kappa shape index (κ1) is 12.2. The largest absolute Gasteiger partial charge is 0.343 e. The summed E-state index contributed by atoms with van der Waals surface area (Å²) in [5.74, 6) is 1.83. The van der Waals surface area contributed by atoms with Crippen LogP contribution in [-0.4, -0.2) is 23.9 Å². The number of hydrogen-bond donors (Lipinski definition) is 0. The zero-order valence-electron chi connectivity index (χ0n) is 10.5. The van der Waals surface area contributed by atoms with E-state index in [1.807, 2.05) is 4.90 Å². The lowest BCUT2D eigenvalue weighted by Crippen LogP contribution is -2.36. The number of hydrogen-bond acceptors (Lipinski definition) is 1. The summed E-state index contributed by atoms with van der Waals surface area (Å²) in [7, 11) is 0. The van der Waals surface area contributed by atoms with Gasteiger partial charge in [-0.25, -0.2) is 0 Å². The molecular weight excluding hydrogens is 210 g/mol. The number of benzene rings is 1. The summed E-state index contributed by atoms with van der Waals surface area (Å²) in [4.78, 5) is 13.2. The van der Waals surface area contributed by atoms with E-state index in [1.165, 1.54) is 12.0 Å². The molecule has 1 saturated heterocycles. The zero-order valence-corrected chi connectivity index (χ0v) is 10.5. The molecule has 0 aliphatic carbocycles. The van der Waals surface area contributed by atoms with Crippen molar-refractivity contribution in [2.75, 3.05) is 13.1 Å². The van der Waals surface area contributed by atoms with E-state index in [9.17, 15) is 4.79 Å². The lowest BCUT2D eigenvalue weighted by molar-refractivity contribution is -0.129. The molecule has 1 fully saturated rings. The van der Waals surface area contributed by atoms with Crippen LogP contribution in [0.4, 0.5) is 0 Å². The summed E-state index contributed by atoms with van der Waals surface area (Å²) in [5.41, 5.74) is 1.41. The molecule has 2 rings (SSSR count). The number of carbonyl (C=O) groups excluding carboxylic acids is 1. The number of piperidine rings is 1. The standard InChI is InChI=1S/C15H20NO/c1-13(17)16-11-9-15(10-12-16)8-7-14-5-3-2-4-6-14/h2-6H,7-12H2,1H3. The van der Waals surface area contributed by atoms with Crippen molar-refractivity contribution in [3.05, 3.63) is 41.8 Å². The highest BCUT2D eigenvalue weighted by Crippen LogP contribution is 2.24. The lowest BCUT2D eigenvalue weighted by Gasteiger charge is -2.30. The third kappa shape index (κ3) is 3.58. The Balaban J connectivity index is 1.74. The summed E-state index contributed by atoms with van der Waals surface area (Å²) in [6.45, 7) is 3.49. The Morgan fingerprint density at radius 2 is 1.76 bits per heavy atom. The van der Waals surface area contributed by atoms with Crippen LogP contribution in [-0.2, 0) is 11.2 Å². The van der Waals surface area contributed by atoms with E-state index in [0.717, 1.165) is 32.4 Å². The zero-order chi connectivity index (χ0) is 12.1. The Morgan fingerprint density at radius 3 is 2.35 bits per heavy atom.